The minimum Gasteiger partial charge on any atom is -0.353 e. The largest absolute Gasteiger partial charge is 0.416 e. The van der Waals surface area contributed by atoms with Gasteiger partial charge in [-0.15, -0.1) is 5.10 Å². The van der Waals surface area contributed by atoms with Crippen LogP contribution in [0, 0.1) is 5.92 Å². The van der Waals surface area contributed by atoms with Crippen molar-refractivity contribution < 1.29 is 18.0 Å². The summed E-state index contributed by atoms with van der Waals surface area (Å²) in [6.45, 7) is 1.46. The Bertz CT molecular complexity index is 907. The van der Waals surface area contributed by atoms with E-state index in [9.17, 15) is 22.8 Å². The molecule has 0 atom stereocenters. The molecule has 1 saturated heterocycles. The standard InChI is InChI=1S/C17H20F3N5O2/c18-17(19,20)12-5-8-24-14(9-12)22-25(16(24)27)10-23-6-3-11(4-7-23)15(26)21-13-1-2-13/h5,8-9,11,13H,1-4,6-7,10H2,(H,21,26). The van der Waals surface area contributed by atoms with Gasteiger partial charge >= 0.3 is 11.9 Å². The van der Waals surface area contributed by atoms with Crippen LogP contribution in [0.4, 0.5) is 13.2 Å². The van der Waals surface area contributed by atoms with Crippen LogP contribution in [0.5, 0.6) is 0 Å². The number of rotatable bonds is 4. The molecule has 1 N–H and O–H groups in total. The van der Waals surface area contributed by atoms with Crippen LogP contribution in [0.15, 0.2) is 23.1 Å². The Morgan fingerprint density at radius 3 is 2.56 bits per heavy atom. The molecule has 1 aliphatic carbocycles. The summed E-state index contributed by atoms with van der Waals surface area (Å²) >= 11 is 0. The summed E-state index contributed by atoms with van der Waals surface area (Å²) in [5, 5.41) is 7.04. The van der Waals surface area contributed by atoms with Gasteiger partial charge < -0.3 is 5.32 Å². The van der Waals surface area contributed by atoms with E-state index in [0.29, 0.717) is 32.0 Å². The zero-order valence-corrected chi connectivity index (χ0v) is 14.6. The molecule has 4 rings (SSSR count). The molecule has 7 nitrogen and oxygen atoms in total. The Labute approximate surface area is 152 Å². The third-order valence-electron chi connectivity index (χ3n) is 5.13. The fourth-order valence-corrected chi connectivity index (χ4v) is 3.36. The Morgan fingerprint density at radius 1 is 1.22 bits per heavy atom. The van der Waals surface area contributed by atoms with Gasteiger partial charge in [-0.3, -0.25) is 14.1 Å². The van der Waals surface area contributed by atoms with Crippen molar-refractivity contribution in [2.75, 3.05) is 13.1 Å². The number of carbonyl (C=O) groups is 1. The molecule has 2 aromatic rings. The monoisotopic (exact) mass is 383 g/mol. The molecule has 1 aliphatic heterocycles. The number of alkyl halides is 3. The lowest BCUT2D eigenvalue weighted by atomic mass is 9.96. The second-order valence-electron chi connectivity index (χ2n) is 7.24. The second-order valence-corrected chi connectivity index (χ2v) is 7.24. The lowest BCUT2D eigenvalue weighted by Crippen LogP contribution is -2.42. The van der Waals surface area contributed by atoms with Crippen molar-refractivity contribution in [3.8, 4) is 0 Å². The van der Waals surface area contributed by atoms with Crippen molar-refractivity contribution in [2.45, 2.75) is 44.6 Å². The highest BCUT2D eigenvalue weighted by Crippen LogP contribution is 2.29. The summed E-state index contributed by atoms with van der Waals surface area (Å²) in [5.41, 5.74) is -1.35. The number of fused-ring (bicyclic) bond motifs is 1. The number of amides is 1. The average molecular weight is 383 g/mol. The quantitative estimate of drug-likeness (QED) is 0.868. The van der Waals surface area contributed by atoms with Crippen LogP contribution in [-0.2, 0) is 17.6 Å². The van der Waals surface area contributed by atoms with Gasteiger partial charge in [0, 0.05) is 31.2 Å². The van der Waals surface area contributed by atoms with Crippen LogP contribution in [0.25, 0.3) is 5.65 Å². The van der Waals surface area contributed by atoms with Gasteiger partial charge in [0.05, 0.1) is 12.2 Å². The number of likely N-dealkylation sites (tertiary alicyclic amines) is 1. The highest BCUT2D eigenvalue weighted by molar-refractivity contribution is 5.79. The molecule has 0 aromatic carbocycles. The minimum atomic E-state index is -4.48. The first kappa shape index (κ1) is 18.0. The van der Waals surface area contributed by atoms with E-state index in [4.69, 9.17) is 0 Å². The van der Waals surface area contributed by atoms with Gasteiger partial charge in [0.2, 0.25) is 5.91 Å². The Balaban J connectivity index is 1.42. The van der Waals surface area contributed by atoms with Crippen molar-refractivity contribution in [1.29, 1.82) is 0 Å². The number of hydrogen-bond acceptors (Lipinski definition) is 4. The first-order valence-electron chi connectivity index (χ1n) is 9.00. The van der Waals surface area contributed by atoms with Crippen molar-refractivity contribution in [3.05, 3.63) is 34.4 Å². The molecule has 146 valence electrons. The number of halogens is 3. The maximum absolute atomic E-state index is 12.8. The van der Waals surface area contributed by atoms with E-state index in [1.54, 1.807) is 0 Å². The molecule has 3 heterocycles. The molecule has 1 amide bonds. The summed E-state index contributed by atoms with van der Waals surface area (Å²) in [7, 11) is 0. The van der Waals surface area contributed by atoms with Gasteiger partial charge in [-0.2, -0.15) is 17.9 Å². The molecule has 27 heavy (non-hydrogen) atoms. The normalized spacial score (nSPS) is 19.5. The Hall–Kier alpha value is -2.36. The van der Waals surface area contributed by atoms with Crippen LogP contribution >= 0.6 is 0 Å². The molecular weight excluding hydrogens is 363 g/mol. The van der Waals surface area contributed by atoms with Gasteiger partial charge in [-0.05, 0) is 37.8 Å². The summed E-state index contributed by atoms with van der Waals surface area (Å²) < 4.78 is 40.7. The van der Waals surface area contributed by atoms with Crippen molar-refractivity contribution >= 4 is 11.6 Å². The van der Waals surface area contributed by atoms with E-state index in [1.165, 1.54) is 4.68 Å². The predicted molar refractivity (Wildman–Crippen MR) is 89.9 cm³/mol. The average Bonchev–Trinajstić information content (AvgIpc) is 3.38. The maximum Gasteiger partial charge on any atom is 0.416 e. The smallest absolute Gasteiger partial charge is 0.353 e. The number of nitrogens with one attached hydrogen (secondary N) is 1. The van der Waals surface area contributed by atoms with Gasteiger partial charge in [0.15, 0.2) is 5.65 Å². The minimum absolute atomic E-state index is 0.0195. The topological polar surface area (TPSA) is 71.6 Å². The zero-order valence-electron chi connectivity index (χ0n) is 14.6. The lowest BCUT2D eigenvalue weighted by molar-refractivity contribution is -0.137. The van der Waals surface area contributed by atoms with Gasteiger partial charge in [-0.1, -0.05) is 0 Å². The summed E-state index contributed by atoms with van der Waals surface area (Å²) in [4.78, 5) is 26.4. The Morgan fingerprint density at radius 2 is 1.93 bits per heavy atom. The van der Waals surface area contributed by atoms with Crippen LogP contribution < -0.4 is 11.0 Å². The highest BCUT2D eigenvalue weighted by atomic mass is 19.4. The van der Waals surface area contributed by atoms with Crippen molar-refractivity contribution in [1.82, 2.24) is 24.4 Å². The molecule has 2 fully saturated rings. The molecule has 2 aromatic heterocycles. The van der Waals surface area contributed by atoms with E-state index in [2.05, 4.69) is 10.4 Å². The van der Waals surface area contributed by atoms with Crippen LogP contribution in [0.2, 0.25) is 0 Å². The lowest BCUT2D eigenvalue weighted by Gasteiger charge is -2.30. The van der Waals surface area contributed by atoms with Crippen LogP contribution in [0.1, 0.15) is 31.2 Å². The van der Waals surface area contributed by atoms with E-state index < -0.39 is 17.4 Å². The first-order chi connectivity index (χ1) is 12.8. The van der Waals surface area contributed by atoms with Gasteiger partial charge in [0.25, 0.3) is 0 Å². The van der Waals surface area contributed by atoms with Crippen molar-refractivity contribution in [2.24, 2.45) is 5.92 Å². The summed E-state index contributed by atoms with van der Waals surface area (Å²) in [6.07, 6.45) is 0.107. The Kier molecular flexibility index (Phi) is 4.45. The predicted octanol–water partition coefficient (Wildman–Crippen LogP) is 1.46. The third kappa shape index (κ3) is 3.85. The fourth-order valence-electron chi connectivity index (χ4n) is 3.36. The molecular formula is C17H20F3N5O2. The van der Waals surface area contributed by atoms with Gasteiger partial charge in [0.1, 0.15) is 0 Å². The number of aromatic nitrogens is 3. The van der Waals surface area contributed by atoms with E-state index in [-0.39, 0.29) is 24.1 Å². The summed E-state index contributed by atoms with van der Waals surface area (Å²) in [5.74, 6) is 0.0794. The van der Waals surface area contributed by atoms with Crippen molar-refractivity contribution in [3.63, 3.8) is 0 Å². The van der Waals surface area contributed by atoms with Crippen LogP contribution in [-0.4, -0.2) is 44.1 Å². The number of hydrogen-bond donors (Lipinski definition) is 1. The number of pyridine rings is 1. The molecule has 10 heteroatoms. The highest BCUT2D eigenvalue weighted by Gasteiger charge is 2.32. The zero-order chi connectivity index (χ0) is 19.2. The van der Waals surface area contributed by atoms with Gasteiger partial charge in [-0.25, -0.2) is 4.79 Å². The molecule has 0 spiro atoms. The number of piperidine rings is 1. The van der Waals surface area contributed by atoms with E-state index in [0.717, 1.165) is 35.6 Å². The second kappa shape index (κ2) is 6.66. The molecule has 0 unspecified atom stereocenters. The molecule has 1 saturated carbocycles. The molecule has 2 aliphatic rings. The van der Waals surface area contributed by atoms with Crippen LogP contribution in [0.3, 0.4) is 0 Å². The SMILES string of the molecule is O=C(NC1CC1)C1CCN(Cn2nc3cc(C(F)(F)F)ccn3c2=O)CC1. The number of carbonyl (C=O) groups excluding carboxylic acids is 1. The first-order valence-corrected chi connectivity index (χ1v) is 9.00. The fraction of sp³-hybridized carbons (Fsp3) is 0.588. The summed E-state index contributed by atoms with van der Waals surface area (Å²) in [6, 6.07) is 2.07. The third-order valence-corrected chi connectivity index (χ3v) is 5.13. The molecule has 0 bridgehead atoms. The maximum atomic E-state index is 12.8. The van der Waals surface area contributed by atoms with E-state index in [1.807, 2.05) is 4.90 Å². The molecule has 0 radical (unpaired) electrons. The van der Waals surface area contributed by atoms with E-state index >= 15 is 0 Å². The number of nitrogens with zero attached hydrogens (tertiary/aromatic N) is 4.